The standard InChI is InChI=1S/C31H41N3O8/c1-33(2)20-14-16(7-5-6-15-8-10-42-11-9-15)25(35)22-18(20)12-17-13-19-24(34(3)4)27(37)23(30(32)40)29(39)31(19,41)28(38)21(17)26(22)36/h14-15,17,19,24,35-36,39,41H,5-13H2,1-4H3,(H2,32,40)/t17-,19+,24?,31-/m0/s1. The molecule has 0 bridgehead atoms. The number of aliphatic hydroxyl groups excluding tert-OH is 2. The molecule has 1 aliphatic heterocycles. The van der Waals surface area contributed by atoms with Crippen LogP contribution >= 0.6 is 0 Å². The van der Waals surface area contributed by atoms with E-state index in [1.54, 1.807) is 14.1 Å². The summed E-state index contributed by atoms with van der Waals surface area (Å²) in [4.78, 5) is 43.0. The number of aromatic hydroxyl groups is 1. The Kier molecular flexibility index (Phi) is 7.88. The number of ether oxygens (including phenoxy) is 1. The topological polar surface area (TPSA) is 174 Å². The average molecular weight is 584 g/mol. The van der Waals surface area contributed by atoms with Crippen molar-refractivity contribution in [2.45, 2.75) is 56.6 Å². The molecule has 0 spiro atoms. The van der Waals surface area contributed by atoms with Crippen LogP contribution in [0.1, 0.15) is 48.8 Å². The maximum Gasteiger partial charge on any atom is 0.255 e. The van der Waals surface area contributed by atoms with E-state index in [0.29, 0.717) is 23.5 Å². The van der Waals surface area contributed by atoms with Gasteiger partial charge in [-0.15, -0.1) is 0 Å². The number of carbonyl (C=O) groups is 3. The largest absolute Gasteiger partial charge is 0.508 e. The minimum Gasteiger partial charge on any atom is -0.508 e. The Morgan fingerprint density at radius 3 is 2.38 bits per heavy atom. The molecule has 11 nitrogen and oxygen atoms in total. The van der Waals surface area contributed by atoms with Gasteiger partial charge >= 0.3 is 0 Å². The van der Waals surface area contributed by atoms with Crippen LogP contribution < -0.4 is 10.6 Å². The van der Waals surface area contributed by atoms with Crippen molar-refractivity contribution < 1.29 is 39.5 Å². The van der Waals surface area contributed by atoms with Gasteiger partial charge in [0.2, 0.25) is 5.78 Å². The number of aliphatic hydroxyl groups is 3. The molecule has 1 aromatic rings. The number of nitrogens with two attached hydrogens (primary N) is 1. The monoisotopic (exact) mass is 583 g/mol. The molecular weight excluding hydrogens is 542 g/mol. The number of primary amides is 1. The van der Waals surface area contributed by atoms with Crippen LogP contribution in [0.25, 0.3) is 5.76 Å². The second-order valence-electron chi connectivity index (χ2n) is 12.6. The molecule has 5 rings (SSSR count). The van der Waals surface area contributed by atoms with Crippen LogP contribution in [-0.4, -0.2) is 95.8 Å². The number of hydrogen-bond acceptors (Lipinski definition) is 10. The molecule has 0 radical (unpaired) electrons. The molecule has 1 unspecified atom stereocenters. The normalized spacial score (nSPS) is 28.1. The van der Waals surface area contributed by atoms with Crippen LogP contribution in [0.15, 0.2) is 23.0 Å². The van der Waals surface area contributed by atoms with E-state index in [1.165, 1.54) is 4.90 Å². The number of anilines is 1. The van der Waals surface area contributed by atoms with E-state index >= 15 is 0 Å². The van der Waals surface area contributed by atoms with Crippen LogP contribution in [-0.2, 0) is 32.0 Å². The van der Waals surface area contributed by atoms with Crippen molar-refractivity contribution >= 4 is 28.9 Å². The SMILES string of the molecule is CN(C)c1cc(CCCC2CCOCC2)c(O)c2c1C[C@H]1C[C@@H]3C(N(C)C)C(=O)C(C(N)=O)=C(O)[C@@]3(O)C(=O)C1=C2O. The van der Waals surface area contributed by atoms with Crippen LogP contribution in [0, 0.1) is 17.8 Å². The van der Waals surface area contributed by atoms with Crippen LogP contribution in [0.3, 0.4) is 0 Å². The predicted molar refractivity (Wildman–Crippen MR) is 155 cm³/mol. The zero-order valence-electron chi connectivity index (χ0n) is 24.6. The third kappa shape index (κ3) is 4.58. The number of aryl methyl sites for hydroxylation is 1. The highest BCUT2D eigenvalue weighted by Crippen LogP contribution is 2.54. The highest BCUT2D eigenvalue weighted by molar-refractivity contribution is 6.24. The average Bonchev–Trinajstić information content (AvgIpc) is 2.92. The highest BCUT2D eigenvalue weighted by atomic mass is 16.5. The Morgan fingerprint density at radius 1 is 1.12 bits per heavy atom. The number of ketones is 2. The minimum atomic E-state index is -2.65. The van der Waals surface area contributed by atoms with Gasteiger partial charge in [-0.25, -0.2) is 0 Å². The number of phenols is 1. The fourth-order valence-electron chi connectivity index (χ4n) is 7.55. The van der Waals surface area contributed by atoms with E-state index in [4.69, 9.17) is 10.5 Å². The van der Waals surface area contributed by atoms with Gasteiger partial charge in [0.1, 0.15) is 22.8 Å². The molecule has 1 saturated heterocycles. The lowest BCUT2D eigenvalue weighted by Gasteiger charge is -2.50. The third-order valence-electron chi connectivity index (χ3n) is 9.66. The zero-order chi connectivity index (χ0) is 30.7. The maximum absolute atomic E-state index is 14.1. The molecule has 11 heteroatoms. The van der Waals surface area contributed by atoms with E-state index in [2.05, 4.69) is 0 Å². The van der Waals surface area contributed by atoms with Gasteiger partial charge in [-0.1, -0.05) is 0 Å². The molecule has 42 heavy (non-hydrogen) atoms. The number of benzene rings is 1. The van der Waals surface area contributed by atoms with Crippen molar-refractivity contribution in [2.24, 2.45) is 23.5 Å². The Bertz CT molecular complexity index is 1390. The highest BCUT2D eigenvalue weighted by Gasteiger charge is 2.64. The van der Waals surface area contributed by atoms with E-state index in [9.17, 15) is 34.8 Å². The summed E-state index contributed by atoms with van der Waals surface area (Å²) in [6.07, 6.45) is 4.74. The number of hydrogen-bond donors (Lipinski definition) is 5. The second kappa shape index (κ2) is 11.0. The van der Waals surface area contributed by atoms with Gasteiger partial charge < -0.3 is 35.8 Å². The van der Waals surface area contributed by atoms with Gasteiger partial charge in [0.15, 0.2) is 11.4 Å². The van der Waals surface area contributed by atoms with Crippen molar-refractivity contribution in [3.8, 4) is 5.75 Å². The maximum atomic E-state index is 14.1. The summed E-state index contributed by atoms with van der Waals surface area (Å²) >= 11 is 0. The summed E-state index contributed by atoms with van der Waals surface area (Å²) in [5.74, 6) is -5.82. The van der Waals surface area contributed by atoms with Crippen LogP contribution in [0.5, 0.6) is 5.75 Å². The van der Waals surface area contributed by atoms with Gasteiger partial charge in [-0.2, -0.15) is 0 Å². The number of rotatable bonds is 7. The van der Waals surface area contributed by atoms with Crippen molar-refractivity contribution in [1.82, 2.24) is 4.90 Å². The Balaban J connectivity index is 1.60. The molecule has 1 saturated carbocycles. The predicted octanol–water partition coefficient (Wildman–Crippen LogP) is 1.78. The lowest BCUT2D eigenvalue weighted by atomic mass is 9.57. The van der Waals surface area contributed by atoms with E-state index in [-0.39, 0.29) is 29.7 Å². The lowest BCUT2D eigenvalue weighted by Crippen LogP contribution is -2.65. The molecule has 4 aliphatic rings. The Hall–Kier alpha value is -3.41. The number of nitrogens with zero attached hydrogens (tertiary/aromatic N) is 2. The third-order valence-corrected chi connectivity index (χ3v) is 9.66. The first kappa shape index (κ1) is 30.1. The number of phenolic OH excluding ortho intramolecular Hbond substituents is 1. The summed E-state index contributed by atoms with van der Waals surface area (Å²) < 4.78 is 5.45. The molecular formula is C31H41N3O8. The number of fused-ring (bicyclic) bond motifs is 3. The molecule has 1 heterocycles. The molecule has 2 fully saturated rings. The van der Waals surface area contributed by atoms with Crippen molar-refractivity contribution in [1.29, 1.82) is 0 Å². The summed E-state index contributed by atoms with van der Waals surface area (Å²) in [6, 6.07) is 0.819. The summed E-state index contributed by atoms with van der Waals surface area (Å²) in [5.41, 5.74) is 4.04. The van der Waals surface area contributed by atoms with Gasteiger partial charge in [-0.3, -0.25) is 19.3 Å². The summed E-state index contributed by atoms with van der Waals surface area (Å²) in [7, 11) is 6.91. The molecule has 3 aliphatic carbocycles. The molecule has 1 amide bonds. The number of carbonyl (C=O) groups excluding carboxylic acids is 3. The first-order chi connectivity index (χ1) is 19.8. The van der Waals surface area contributed by atoms with Crippen molar-refractivity contribution in [3.05, 3.63) is 39.7 Å². The first-order valence-corrected chi connectivity index (χ1v) is 14.6. The zero-order valence-corrected chi connectivity index (χ0v) is 24.6. The molecule has 6 N–H and O–H groups in total. The van der Waals surface area contributed by atoms with Gasteiger partial charge in [0.25, 0.3) is 5.91 Å². The number of amides is 1. The van der Waals surface area contributed by atoms with Crippen LogP contribution in [0.4, 0.5) is 5.69 Å². The molecule has 1 aromatic carbocycles. The van der Waals surface area contributed by atoms with E-state index in [1.807, 2.05) is 25.1 Å². The van der Waals surface area contributed by atoms with Crippen molar-refractivity contribution in [2.75, 3.05) is 46.3 Å². The fourth-order valence-corrected chi connectivity index (χ4v) is 7.55. The summed E-state index contributed by atoms with van der Waals surface area (Å²) in [6.45, 7) is 1.52. The van der Waals surface area contributed by atoms with Gasteiger partial charge in [0.05, 0.1) is 11.6 Å². The summed E-state index contributed by atoms with van der Waals surface area (Å²) in [5, 5.41) is 46.0. The number of likely N-dealkylation sites (N-methyl/N-ethyl adjacent to an activating group) is 1. The van der Waals surface area contributed by atoms with Gasteiger partial charge in [-0.05, 0) is 88.1 Å². The van der Waals surface area contributed by atoms with Gasteiger partial charge in [0, 0.05) is 44.5 Å². The lowest BCUT2D eigenvalue weighted by molar-refractivity contribution is -0.153. The number of Topliss-reactive ketones (excluding diaryl/α,β-unsaturated/α-hetero) is 2. The van der Waals surface area contributed by atoms with Crippen molar-refractivity contribution in [3.63, 3.8) is 0 Å². The minimum absolute atomic E-state index is 0.0618. The first-order valence-electron chi connectivity index (χ1n) is 14.6. The van der Waals surface area contributed by atoms with E-state index < -0.39 is 58.0 Å². The Labute approximate surface area is 245 Å². The Morgan fingerprint density at radius 2 is 1.79 bits per heavy atom. The molecule has 4 atom stereocenters. The second-order valence-corrected chi connectivity index (χ2v) is 12.6. The van der Waals surface area contributed by atoms with Crippen LogP contribution in [0.2, 0.25) is 0 Å². The smallest absolute Gasteiger partial charge is 0.255 e. The molecule has 228 valence electrons. The molecule has 0 aromatic heterocycles. The fraction of sp³-hybridized carbons (Fsp3) is 0.581. The van der Waals surface area contributed by atoms with E-state index in [0.717, 1.165) is 44.6 Å². The quantitative estimate of drug-likeness (QED) is 0.298.